The number of amides is 1. The van der Waals surface area contributed by atoms with Gasteiger partial charge < -0.3 is 16.0 Å². The van der Waals surface area contributed by atoms with E-state index in [0.717, 1.165) is 52.3 Å². The number of benzene rings is 1. The smallest absolute Gasteiger partial charge is 0.253 e. The maximum absolute atomic E-state index is 12.8. The number of fused-ring (bicyclic) bond motifs is 1. The van der Waals surface area contributed by atoms with Crippen LogP contribution in [0, 0.1) is 11.8 Å². The number of nitrogens with one attached hydrogen (secondary N) is 1. The summed E-state index contributed by atoms with van der Waals surface area (Å²) in [5.74, 6) is 2.84. The first-order valence-corrected chi connectivity index (χ1v) is 12.5. The quantitative estimate of drug-likeness (QED) is 0.401. The van der Waals surface area contributed by atoms with Crippen molar-refractivity contribution < 1.29 is 4.79 Å². The fraction of sp³-hybridized carbons (Fsp3) is 0.310. The van der Waals surface area contributed by atoms with E-state index in [4.69, 9.17) is 10.7 Å². The van der Waals surface area contributed by atoms with E-state index in [1.54, 1.807) is 18.6 Å². The molecule has 5 rings (SSSR count). The van der Waals surface area contributed by atoms with Gasteiger partial charge >= 0.3 is 0 Å². The highest BCUT2D eigenvalue weighted by atomic mass is 16.1. The van der Waals surface area contributed by atoms with Crippen LogP contribution in [-0.4, -0.2) is 33.9 Å². The van der Waals surface area contributed by atoms with Gasteiger partial charge in [-0.25, -0.2) is 9.97 Å². The predicted octanol–water partition coefficient (Wildman–Crippen LogP) is 4.61. The van der Waals surface area contributed by atoms with E-state index in [1.807, 2.05) is 36.5 Å². The van der Waals surface area contributed by atoms with Crippen molar-refractivity contribution in [3.05, 3.63) is 89.5 Å². The fourth-order valence-electron chi connectivity index (χ4n) is 4.84. The average Bonchev–Trinajstić information content (AvgIpc) is 3.39. The molecule has 36 heavy (non-hydrogen) atoms. The van der Waals surface area contributed by atoms with E-state index in [9.17, 15) is 4.79 Å². The highest BCUT2D eigenvalue weighted by molar-refractivity contribution is 5.94. The molecule has 3 N–H and O–H groups in total. The minimum atomic E-state index is -0.152. The van der Waals surface area contributed by atoms with E-state index in [-0.39, 0.29) is 5.91 Å². The standard InChI is InChI=1S/C29H32N6O/c1-19(2)24-8-10-35(18-24)27-6-4-20(15-33-27)11-22-13-25(17-31-14-22)29(36)34-16-21-3-5-26-23(12-21)7-9-32-28(26)30/h3-7,9,12-15,17,19,24H,8,10-11,16,18H2,1-2H3,(H2,30,32)(H,34,36)/t24-/m0/s1. The van der Waals surface area contributed by atoms with E-state index in [2.05, 4.69) is 46.2 Å². The molecule has 1 fully saturated rings. The molecular formula is C29H32N6O. The van der Waals surface area contributed by atoms with Crippen LogP contribution in [-0.2, 0) is 13.0 Å². The molecule has 1 aliphatic heterocycles. The Hall–Kier alpha value is -4.00. The van der Waals surface area contributed by atoms with Crippen molar-refractivity contribution in [2.75, 3.05) is 23.7 Å². The summed E-state index contributed by atoms with van der Waals surface area (Å²) < 4.78 is 0. The van der Waals surface area contributed by atoms with Crippen LogP contribution < -0.4 is 16.0 Å². The van der Waals surface area contributed by atoms with Crippen LogP contribution in [0.4, 0.5) is 11.6 Å². The highest BCUT2D eigenvalue weighted by Crippen LogP contribution is 2.27. The van der Waals surface area contributed by atoms with Crippen LogP contribution in [0.5, 0.6) is 0 Å². The molecule has 4 heterocycles. The van der Waals surface area contributed by atoms with Crippen molar-refractivity contribution in [1.82, 2.24) is 20.3 Å². The van der Waals surface area contributed by atoms with Crippen LogP contribution in [0.15, 0.2) is 67.3 Å². The lowest BCUT2D eigenvalue weighted by Gasteiger charge is -2.19. The molecule has 1 atom stereocenters. The second kappa shape index (κ2) is 10.3. The van der Waals surface area contributed by atoms with Crippen molar-refractivity contribution >= 4 is 28.3 Å². The molecule has 4 aromatic rings. The van der Waals surface area contributed by atoms with Gasteiger partial charge in [0, 0.05) is 56.2 Å². The molecule has 7 nitrogen and oxygen atoms in total. The molecule has 0 unspecified atom stereocenters. The Morgan fingerprint density at radius 1 is 1.06 bits per heavy atom. The summed E-state index contributed by atoms with van der Waals surface area (Å²) in [5, 5.41) is 4.90. The minimum Gasteiger partial charge on any atom is -0.383 e. The molecular weight excluding hydrogens is 448 g/mol. The number of hydrogen-bond acceptors (Lipinski definition) is 6. The summed E-state index contributed by atoms with van der Waals surface area (Å²) in [7, 11) is 0. The normalized spacial score (nSPS) is 15.5. The van der Waals surface area contributed by atoms with Gasteiger partial charge in [0.15, 0.2) is 0 Å². The zero-order valence-corrected chi connectivity index (χ0v) is 20.8. The average molecular weight is 481 g/mol. The number of pyridine rings is 3. The van der Waals surface area contributed by atoms with Gasteiger partial charge in [0.2, 0.25) is 0 Å². The Morgan fingerprint density at radius 2 is 1.92 bits per heavy atom. The van der Waals surface area contributed by atoms with Crippen LogP contribution in [0.3, 0.4) is 0 Å². The second-order valence-electron chi connectivity index (χ2n) is 9.96. The zero-order valence-electron chi connectivity index (χ0n) is 20.8. The topological polar surface area (TPSA) is 97.0 Å². The lowest BCUT2D eigenvalue weighted by Crippen LogP contribution is -2.23. The molecule has 1 amide bonds. The Morgan fingerprint density at radius 3 is 2.69 bits per heavy atom. The zero-order chi connectivity index (χ0) is 25.1. The van der Waals surface area contributed by atoms with Gasteiger partial charge in [0.25, 0.3) is 5.91 Å². The maximum Gasteiger partial charge on any atom is 0.253 e. The predicted molar refractivity (Wildman–Crippen MR) is 144 cm³/mol. The number of hydrogen-bond donors (Lipinski definition) is 2. The number of carbonyl (C=O) groups excluding carboxylic acids is 1. The number of rotatable bonds is 7. The summed E-state index contributed by atoms with van der Waals surface area (Å²) in [6.07, 6.45) is 8.94. The molecule has 3 aromatic heterocycles. The number of nitrogens with two attached hydrogens (primary N) is 1. The fourth-order valence-corrected chi connectivity index (χ4v) is 4.84. The van der Waals surface area contributed by atoms with Crippen LogP contribution in [0.1, 0.15) is 47.3 Å². The molecule has 1 aliphatic rings. The van der Waals surface area contributed by atoms with Crippen molar-refractivity contribution in [2.24, 2.45) is 11.8 Å². The van der Waals surface area contributed by atoms with Crippen molar-refractivity contribution in [2.45, 2.75) is 33.2 Å². The summed E-state index contributed by atoms with van der Waals surface area (Å²) >= 11 is 0. The summed E-state index contributed by atoms with van der Waals surface area (Å²) in [6, 6.07) is 14.0. The summed E-state index contributed by atoms with van der Waals surface area (Å²) in [5.41, 5.74) is 9.55. The Balaban J connectivity index is 1.20. The molecule has 0 spiro atoms. The first-order valence-electron chi connectivity index (χ1n) is 12.5. The number of nitrogens with zero attached hydrogens (tertiary/aromatic N) is 4. The number of aromatic nitrogens is 3. The third-order valence-corrected chi connectivity index (χ3v) is 7.08. The second-order valence-corrected chi connectivity index (χ2v) is 9.96. The molecule has 1 aromatic carbocycles. The summed E-state index contributed by atoms with van der Waals surface area (Å²) in [4.78, 5) is 28.3. The van der Waals surface area contributed by atoms with Gasteiger partial charge in [-0.3, -0.25) is 9.78 Å². The molecule has 1 saturated heterocycles. The van der Waals surface area contributed by atoms with Gasteiger partial charge in [-0.2, -0.15) is 0 Å². The first-order chi connectivity index (χ1) is 17.5. The SMILES string of the molecule is CC(C)[C@H]1CCN(c2ccc(Cc3cncc(C(=O)NCc4ccc5c(N)nccc5c4)c3)cn2)C1. The Kier molecular flexibility index (Phi) is 6.80. The molecule has 184 valence electrons. The Bertz CT molecular complexity index is 1370. The molecule has 0 saturated carbocycles. The van der Waals surface area contributed by atoms with Gasteiger partial charge in [-0.1, -0.05) is 32.0 Å². The highest BCUT2D eigenvalue weighted by Gasteiger charge is 2.25. The van der Waals surface area contributed by atoms with Gasteiger partial charge in [-0.15, -0.1) is 0 Å². The third kappa shape index (κ3) is 5.30. The van der Waals surface area contributed by atoms with E-state index < -0.39 is 0 Å². The van der Waals surface area contributed by atoms with Crippen molar-refractivity contribution in [3.8, 4) is 0 Å². The lowest BCUT2D eigenvalue weighted by molar-refractivity contribution is 0.0950. The molecule has 0 aliphatic carbocycles. The number of carbonyl (C=O) groups is 1. The van der Waals surface area contributed by atoms with E-state index in [0.29, 0.717) is 30.3 Å². The first kappa shape index (κ1) is 23.7. The third-order valence-electron chi connectivity index (χ3n) is 7.08. The largest absolute Gasteiger partial charge is 0.383 e. The maximum atomic E-state index is 12.8. The van der Waals surface area contributed by atoms with Crippen LogP contribution in [0.2, 0.25) is 0 Å². The van der Waals surface area contributed by atoms with Crippen LogP contribution in [0.25, 0.3) is 10.8 Å². The van der Waals surface area contributed by atoms with Crippen molar-refractivity contribution in [3.63, 3.8) is 0 Å². The minimum absolute atomic E-state index is 0.152. The van der Waals surface area contributed by atoms with E-state index >= 15 is 0 Å². The number of nitrogen functional groups attached to an aromatic ring is 1. The Labute approximate surface area is 211 Å². The lowest BCUT2D eigenvalue weighted by atomic mass is 9.95. The van der Waals surface area contributed by atoms with Crippen molar-refractivity contribution in [1.29, 1.82) is 0 Å². The van der Waals surface area contributed by atoms with Gasteiger partial charge in [0.1, 0.15) is 11.6 Å². The molecule has 0 radical (unpaired) electrons. The molecule has 7 heteroatoms. The van der Waals surface area contributed by atoms with Crippen LogP contribution >= 0.6 is 0 Å². The van der Waals surface area contributed by atoms with Gasteiger partial charge in [-0.05, 0) is 64.6 Å². The van der Waals surface area contributed by atoms with Gasteiger partial charge in [0.05, 0.1) is 5.56 Å². The van der Waals surface area contributed by atoms with E-state index in [1.165, 1.54) is 6.42 Å². The summed E-state index contributed by atoms with van der Waals surface area (Å²) in [6.45, 7) is 7.16. The monoisotopic (exact) mass is 480 g/mol. The molecule has 0 bridgehead atoms. The number of anilines is 2.